The molecule has 0 bridgehead atoms. The number of nitrogens with one attached hydrogen (secondary N) is 1. The van der Waals surface area contributed by atoms with Crippen LogP contribution >= 0.6 is 0 Å². The first-order chi connectivity index (χ1) is 31.7. The molecule has 0 saturated heterocycles. The summed E-state index contributed by atoms with van der Waals surface area (Å²) in [4.78, 5) is 88.4. The van der Waals surface area contributed by atoms with Crippen molar-refractivity contribution < 1.29 is 44.7 Å². The zero-order chi connectivity index (χ0) is 46.8. The van der Waals surface area contributed by atoms with E-state index in [9.17, 15) is 44.4 Å². The Morgan fingerprint density at radius 1 is 0.652 bits per heavy atom. The van der Waals surface area contributed by atoms with Crippen LogP contribution in [0.1, 0.15) is 61.2 Å². The lowest BCUT2D eigenvalue weighted by Gasteiger charge is -2.06. The number of carboxylic acids is 3. The van der Waals surface area contributed by atoms with Gasteiger partial charge in [0.2, 0.25) is 17.3 Å². The highest BCUT2D eigenvalue weighted by Crippen LogP contribution is 2.27. The molecule has 0 aromatic carbocycles. The van der Waals surface area contributed by atoms with Crippen LogP contribution in [0.25, 0.3) is 78.0 Å². The van der Waals surface area contributed by atoms with E-state index < -0.39 is 35.2 Å². The molecule has 9 aromatic heterocycles. The maximum Gasteiger partial charge on any atom is 0.336 e. The zero-order valence-corrected chi connectivity index (χ0v) is 33.4. The van der Waals surface area contributed by atoms with Crippen molar-refractivity contribution in [3.05, 3.63) is 122 Å². The summed E-state index contributed by atoms with van der Waals surface area (Å²) in [6, 6.07) is 15.0. The van der Waals surface area contributed by atoms with E-state index in [1.807, 2.05) is 6.92 Å². The van der Waals surface area contributed by atoms with E-state index >= 15 is 0 Å². The van der Waals surface area contributed by atoms with Crippen molar-refractivity contribution in [2.75, 3.05) is 0 Å². The molecule has 9 heterocycles. The normalized spacial score (nSPS) is 10.9. The number of aromatic carboxylic acids is 3. The minimum atomic E-state index is -1.25. The highest BCUT2D eigenvalue weighted by molar-refractivity contribution is 6.03. The van der Waals surface area contributed by atoms with Crippen LogP contribution in [0.3, 0.4) is 0 Å². The first-order valence-corrected chi connectivity index (χ1v) is 18.9. The van der Waals surface area contributed by atoms with E-state index in [0.717, 1.165) is 18.2 Å². The topological polar surface area (TPSA) is 390 Å². The first kappa shape index (κ1) is 42.6. The summed E-state index contributed by atoms with van der Waals surface area (Å²) < 4.78 is 2.62. The average molecular weight is 891 g/mol. The van der Waals surface area contributed by atoms with Crippen LogP contribution in [0.4, 0.5) is 5.82 Å². The van der Waals surface area contributed by atoms with Gasteiger partial charge in [-0.3, -0.25) is 9.59 Å². The minimum Gasteiger partial charge on any atom is -0.493 e. The second-order valence-corrected chi connectivity index (χ2v) is 13.8. The van der Waals surface area contributed by atoms with Crippen molar-refractivity contribution in [2.45, 2.75) is 19.8 Å². The number of hydrogen-bond acceptors (Lipinski definition) is 18. The number of H-pyrrole nitrogens is 1. The van der Waals surface area contributed by atoms with Gasteiger partial charge in [0.05, 0.1) is 40.5 Å². The summed E-state index contributed by atoms with van der Waals surface area (Å²) in [5, 5.41) is 68.4. The van der Waals surface area contributed by atoms with Gasteiger partial charge in [-0.1, -0.05) is 17.4 Å². The number of aromatic nitrogens is 13. The summed E-state index contributed by atoms with van der Waals surface area (Å²) in [5.41, 5.74) is 8.68. The lowest BCUT2D eigenvalue weighted by molar-refractivity contribution is 0.0687. The Labute approximate surface area is 364 Å². The maximum atomic E-state index is 13.1. The van der Waals surface area contributed by atoms with Crippen molar-refractivity contribution in [3.8, 4) is 46.2 Å². The number of nitrogens with zero attached hydrogens (tertiary/aromatic N) is 15. The van der Waals surface area contributed by atoms with E-state index in [2.05, 4.69) is 65.5 Å². The number of rotatable bonds is 11. The van der Waals surface area contributed by atoms with Crippen molar-refractivity contribution in [1.29, 1.82) is 0 Å². The van der Waals surface area contributed by atoms with Gasteiger partial charge < -0.3 is 30.5 Å². The SMILES string of the molecule is CCCC(=O)c1cc(-c2cn(-c3ccc4c(C(=O)O)cc(O)nc4n3)nn2)nc(-c2cn(-c3ccc4c(C(=O)O)cc(O)nc4n3)nn2)c1.[N-]=[N+]=Nc1ccc2c(C(=O)O)cc(=O)[nH]c2n1. The first-order valence-electron chi connectivity index (χ1n) is 18.9. The van der Waals surface area contributed by atoms with E-state index in [-0.39, 0.29) is 102 Å². The molecule has 9 aromatic rings. The van der Waals surface area contributed by atoms with Gasteiger partial charge in [-0.15, -0.1) is 10.2 Å². The molecular weight excluding hydrogens is 865 g/mol. The molecule has 326 valence electrons. The fourth-order valence-corrected chi connectivity index (χ4v) is 6.49. The van der Waals surface area contributed by atoms with Crippen molar-refractivity contribution in [2.24, 2.45) is 5.11 Å². The second-order valence-electron chi connectivity index (χ2n) is 13.8. The number of fused-ring (bicyclic) bond motifs is 3. The van der Waals surface area contributed by atoms with E-state index in [1.54, 1.807) is 12.1 Å². The van der Waals surface area contributed by atoms with Crippen LogP contribution in [0, 0.1) is 0 Å². The van der Waals surface area contributed by atoms with Crippen LogP contribution in [-0.4, -0.2) is 114 Å². The number of azide groups is 1. The fraction of sp³-hybridized carbons (Fsp3) is 0.0750. The third kappa shape index (κ3) is 8.54. The predicted molar refractivity (Wildman–Crippen MR) is 226 cm³/mol. The molecule has 0 radical (unpaired) electrons. The van der Waals surface area contributed by atoms with Gasteiger partial charge in [-0.05, 0) is 65.6 Å². The number of aromatic hydroxyl groups is 2. The standard InChI is InChI=1S/C31H21N11O7.C9H5N5O3/c1-2-3-23(43)14-8-19(21-12-41(39-37-21)24-6-4-15-17(30(46)47)10-26(44)35-28(15)33-24)32-20(9-14)22-13-42(40-38-22)25-7-5-16-18(31(48)49)11-27(45)36-29(16)34-25;10-14-13-6-2-1-4-5(9(16)17)3-7(15)12-8(4)11-6/h4-13H,2-3H2,1H3,(H,46,47)(H,48,49)(H,33,35,44)(H,34,36,45);1-3H,(H,16,17)(H,11,12,15). The number of carbonyl (C=O) groups excluding carboxylic acids is 1. The predicted octanol–water partition coefficient (Wildman–Crippen LogP) is 4.82. The number of ketones is 1. The molecule has 0 aliphatic heterocycles. The van der Waals surface area contributed by atoms with Gasteiger partial charge in [-0.25, -0.2) is 43.7 Å². The molecule has 0 amide bonds. The second kappa shape index (κ2) is 17.3. The number of carbonyl (C=O) groups is 4. The van der Waals surface area contributed by atoms with Crippen LogP contribution in [0.2, 0.25) is 0 Å². The number of Topliss-reactive ketones (excluding diaryl/α,β-unsaturated/α-hetero) is 1. The molecule has 9 rings (SSSR count). The van der Waals surface area contributed by atoms with Gasteiger partial charge >= 0.3 is 17.9 Å². The Bertz CT molecular complexity index is 3440. The molecule has 0 unspecified atom stereocenters. The van der Waals surface area contributed by atoms with Gasteiger partial charge in [0.1, 0.15) is 22.9 Å². The molecule has 26 heteroatoms. The Morgan fingerprint density at radius 3 is 1.64 bits per heavy atom. The van der Waals surface area contributed by atoms with Gasteiger partial charge in [0, 0.05) is 51.3 Å². The summed E-state index contributed by atoms with van der Waals surface area (Å²) in [6.45, 7) is 1.88. The average Bonchev–Trinajstić information content (AvgIpc) is 4.00. The molecule has 66 heavy (non-hydrogen) atoms. The van der Waals surface area contributed by atoms with E-state index in [1.165, 1.54) is 58.2 Å². The number of carboxylic acid groups (broad SMARTS) is 3. The monoisotopic (exact) mass is 890 g/mol. The quantitative estimate of drug-likeness (QED) is 0.0438. The summed E-state index contributed by atoms with van der Waals surface area (Å²) >= 11 is 0. The highest BCUT2D eigenvalue weighted by Gasteiger charge is 2.20. The van der Waals surface area contributed by atoms with Crippen molar-refractivity contribution in [3.63, 3.8) is 0 Å². The molecule has 0 aliphatic carbocycles. The molecule has 0 fully saturated rings. The molecule has 0 atom stereocenters. The highest BCUT2D eigenvalue weighted by atomic mass is 16.4. The molecule has 0 aliphatic rings. The number of aromatic amines is 1. The Hall–Kier alpha value is -10.1. The molecule has 0 saturated carbocycles. The summed E-state index contributed by atoms with van der Waals surface area (Å²) in [5.74, 6) is -4.37. The van der Waals surface area contributed by atoms with Crippen molar-refractivity contribution in [1.82, 2.24) is 64.9 Å². The smallest absolute Gasteiger partial charge is 0.336 e. The third-order valence-electron chi connectivity index (χ3n) is 9.42. The van der Waals surface area contributed by atoms with Crippen LogP contribution in [0.5, 0.6) is 11.8 Å². The van der Waals surface area contributed by atoms with E-state index in [4.69, 9.17) is 10.6 Å². The van der Waals surface area contributed by atoms with Gasteiger partial charge in [-0.2, -0.15) is 9.97 Å². The third-order valence-corrected chi connectivity index (χ3v) is 9.42. The summed E-state index contributed by atoms with van der Waals surface area (Å²) in [6.07, 6.45) is 3.91. The minimum absolute atomic E-state index is 0.0154. The molecule has 26 nitrogen and oxygen atoms in total. The lowest BCUT2D eigenvalue weighted by Crippen LogP contribution is -2.10. The fourth-order valence-electron chi connectivity index (χ4n) is 6.49. The molecule has 0 spiro atoms. The lowest BCUT2D eigenvalue weighted by atomic mass is 10.0. The number of hydrogen-bond donors (Lipinski definition) is 6. The van der Waals surface area contributed by atoms with Crippen molar-refractivity contribution >= 4 is 62.6 Å². The van der Waals surface area contributed by atoms with E-state index in [0.29, 0.717) is 12.0 Å². The zero-order valence-electron chi connectivity index (χ0n) is 33.4. The van der Waals surface area contributed by atoms with Crippen LogP contribution < -0.4 is 5.56 Å². The Kier molecular flexibility index (Phi) is 11.2. The van der Waals surface area contributed by atoms with Crippen LogP contribution in [-0.2, 0) is 0 Å². The Morgan fingerprint density at radius 2 is 1.15 bits per heavy atom. The molecular formula is C40H26N16O10. The Balaban J connectivity index is 0.000000292. The molecule has 6 N–H and O–H groups in total. The maximum absolute atomic E-state index is 13.1. The summed E-state index contributed by atoms with van der Waals surface area (Å²) in [7, 11) is 0. The van der Waals surface area contributed by atoms with Crippen LogP contribution in [0.15, 0.2) is 89.0 Å². The van der Waals surface area contributed by atoms with Gasteiger partial charge in [0.15, 0.2) is 28.7 Å². The largest absolute Gasteiger partial charge is 0.493 e. The number of pyridine rings is 7. The van der Waals surface area contributed by atoms with Gasteiger partial charge in [0.25, 0.3) is 0 Å².